The van der Waals surface area contributed by atoms with E-state index >= 15 is 0 Å². The maximum atomic E-state index is 8.68. The predicted octanol–water partition coefficient (Wildman–Crippen LogP) is 1.80. The highest BCUT2D eigenvalue weighted by atomic mass is 16.5. The summed E-state index contributed by atoms with van der Waals surface area (Å²) in [6, 6.07) is 12.4. The molecule has 0 fully saturated rings. The Labute approximate surface area is 110 Å². The summed E-state index contributed by atoms with van der Waals surface area (Å²) in [7, 11) is 0. The van der Waals surface area contributed by atoms with Crippen molar-refractivity contribution in [3.05, 3.63) is 48.7 Å². The summed E-state index contributed by atoms with van der Waals surface area (Å²) in [5.41, 5.74) is 6.01. The fourth-order valence-corrected chi connectivity index (χ4v) is 1.31. The smallest absolute Gasteiger partial charge is 0.309 e. The molecule has 0 radical (unpaired) electrons. The number of nitrogen functional groups attached to an aromatic ring is 1. The Morgan fingerprint density at radius 2 is 2.05 bits per heavy atom. The number of nitriles is 1. The van der Waals surface area contributed by atoms with E-state index < -0.39 is 0 Å². The number of hydrogen-bond acceptors (Lipinski definition) is 5. The lowest BCUT2D eigenvalue weighted by molar-refractivity contribution is 0.531. The van der Waals surface area contributed by atoms with Crippen molar-refractivity contribution in [2.75, 3.05) is 5.73 Å². The van der Waals surface area contributed by atoms with E-state index in [1.54, 1.807) is 30.5 Å². The highest BCUT2D eigenvalue weighted by Crippen LogP contribution is 2.13. The molecule has 6 nitrogen and oxygen atoms in total. The molecule has 0 saturated carbocycles. The molecule has 6 heteroatoms. The van der Waals surface area contributed by atoms with Gasteiger partial charge in [0, 0.05) is 0 Å². The van der Waals surface area contributed by atoms with Gasteiger partial charge in [-0.2, -0.15) is 10.3 Å². The molecular formula is C13H11N5O. The van der Waals surface area contributed by atoms with E-state index in [-0.39, 0.29) is 6.02 Å². The fraction of sp³-hybridized carbons (Fsp3) is 0. The first-order valence-electron chi connectivity index (χ1n) is 5.46. The molecule has 2 aromatic rings. The first-order chi connectivity index (χ1) is 9.28. The number of hydrogen-bond donors (Lipinski definition) is 2. The average molecular weight is 253 g/mol. The van der Waals surface area contributed by atoms with Gasteiger partial charge in [0.2, 0.25) is 0 Å². The van der Waals surface area contributed by atoms with Gasteiger partial charge < -0.3 is 10.5 Å². The van der Waals surface area contributed by atoms with Crippen LogP contribution in [0, 0.1) is 11.5 Å². The highest BCUT2D eigenvalue weighted by Gasteiger charge is 2.02. The number of para-hydroxylation sites is 1. The number of pyridine rings is 1. The standard InChI is InChI=1S/C13H11N5O/c14-9-17-13(19-11-4-2-1-3-5-11)18-10-6-7-12(15)16-8-10/h1-8H,(H2,15,16)(H,17,18). The Balaban J connectivity index is 2.20. The number of nitrogens with zero attached hydrogens (tertiary/aromatic N) is 3. The van der Waals surface area contributed by atoms with Crippen LogP contribution in [0.4, 0.5) is 11.5 Å². The first kappa shape index (κ1) is 12.4. The molecule has 1 heterocycles. The topological polar surface area (TPSA) is 96.3 Å². The quantitative estimate of drug-likeness (QED) is 0.368. The van der Waals surface area contributed by atoms with Crippen molar-refractivity contribution < 1.29 is 4.74 Å². The molecule has 3 N–H and O–H groups in total. The van der Waals surface area contributed by atoms with Crippen LogP contribution in [0.15, 0.2) is 53.7 Å². The fourth-order valence-electron chi connectivity index (χ4n) is 1.31. The van der Waals surface area contributed by atoms with E-state index in [1.807, 2.05) is 18.2 Å². The van der Waals surface area contributed by atoms with Gasteiger partial charge in [-0.05, 0) is 24.3 Å². The minimum atomic E-state index is 0.0697. The molecule has 0 aliphatic carbocycles. The third kappa shape index (κ3) is 3.71. The van der Waals surface area contributed by atoms with E-state index in [4.69, 9.17) is 15.7 Å². The van der Waals surface area contributed by atoms with Crippen LogP contribution in [0.3, 0.4) is 0 Å². The highest BCUT2D eigenvalue weighted by molar-refractivity contribution is 5.80. The molecular weight excluding hydrogens is 242 g/mol. The van der Waals surface area contributed by atoms with Gasteiger partial charge in [0.25, 0.3) is 0 Å². The van der Waals surface area contributed by atoms with Crippen molar-refractivity contribution in [1.29, 1.82) is 5.26 Å². The van der Waals surface area contributed by atoms with Crippen molar-refractivity contribution in [3.63, 3.8) is 0 Å². The Morgan fingerprint density at radius 1 is 1.26 bits per heavy atom. The van der Waals surface area contributed by atoms with Gasteiger partial charge in [0.15, 0.2) is 6.19 Å². The average Bonchev–Trinajstić information content (AvgIpc) is 2.43. The Morgan fingerprint density at radius 3 is 2.68 bits per heavy atom. The summed E-state index contributed by atoms with van der Waals surface area (Å²) in [6.07, 6.45) is 3.26. The van der Waals surface area contributed by atoms with Crippen LogP contribution in [0.25, 0.3) is 0 Å². The molecule has 0 saturated heterocycles. The monoisotopic (exact) mass is 253 g/mol. The van der Waals surface area contributed by atoms with Gasteiger partial charge in [-0.15, -0.1) is 0 Å². The largest absolute Gasteiger partial charge is 0.425 e. The summed E-state index contributed by atoms with van der Waals surface area (Å²) >= 11 is 0. The summed E-state index contributed by atoms with van der Waals surface area (Å²) in [5.74, 6) is 0.977. The molecule has 0 aliphatic heterocycles. The molecule has 0 unspecified atom stereocenters. The minimum absolute atomic E-state index is 0.0697. The van der Waals surface area contributed by atoms with Crippen molar-refractivity contribution in [3.8, 4) is 11.9 Å². The molecule has 0 spiro atoms. The lowest BCUT2D eigenvalue weighted by Gasteiger charge is -2.06. The van der Waals surface area contributed by atoms with Crippen molar-refractivity contribution in [1.82, 2.24) is 10.3 Å². The van der Waals surface area contributed by atoms with Gasteiger partial charge in [-0.25, -0.2) is 10.3 Å². The third-order valence-corrected chi connectivity index (χ3v) is 2.12. The number of benzene rings is 1. The van der Waals surface area contributed by atoms with E-state index in [2.05, 4.69) is 15.3 Å². The van der Waals surface area contributed by atoms with Crippen molar-refractivity contribution in [2.24, 2.45) is 4.99 Å². The van der Waals surface area contributed by atoms with E-state index in [9.17, 15) is 0 Å². The molecule has 0 aliphatic rings. The zero-order valence-electron chi connectivity index (χ0n) is 9.95. The van der Waals surface area contributed by atoms with Crippen LogP contribution in [0.2, 0.25) is 0 Å². The van der Waals surface area contributed by atoms with Crippen LogP contribution in [-0.2, 0) is 0 Å². The van der Waals surface area contributed by atoms with E-state index in [0.717, 1.165) is 0 Å². The number of ether oxygens (including phenoxy) is 1. The van der Waals surface area contributed by atoms with Gasteiger partial charge in [-0.3, -0.25) is 0 Å². The molecule has 94 valence electrons. The van der Waals surface area contributed by atoms with Crippen LogP contribution in [-0.4, -0.2) is 11.0 Å². The molecule has 2 rings (SSSR count). The summed E-state index contributed by atoms with van der Waals surface area (Å²) in [4.78, 5) is 8.03. The zero-order valence-corrected chi connectivity index (χ0v) is 9.95. The molecule has 0 atom stereocenters. The molecule has 19 heavy (non-hydrogen) atoms. The Bertz CT molecular complexity index is 601. The number of aliphatic imine (C=N–C) groups is 1. The Hall–Kier alpha value is -3.07. The number of nitrogens with two attached hydrogens (primary N) is 1. The van der Waals surface area contributed by atoms with Gasteiger partial charge in [0.1, 0.15) is 11.6 Å². The first-order valence-corrected chi connectivity index (χ1v) is 5.46. The second-order valence-electron chi connectivity index (χ2n) is 3.51. The summed E-state index contributed by atoms with van der Waals surface area (Å²) in [5, 5.41) is 11.0. The zero-order chi connectivity index (χ0) is 13.5. The van der Waals surface area contributed by atoms with Crippen molar-refractivity contribution >= 4 is 17.5 Å². The number of anilines is 1. The third-order valence-electron chi connectivity index (χ3n) is 2.12. The summed E-state index contributed by atoms with van der Waals surface area (Å²) < 4.78 is 5.45. The second kappa shape index (κ2) is 6.02. The van der Waals surface area contributed by atoms with Crippen LogP contribution in [0.5, 0.6) is 5.75 Å². The molecule has 0 amide bonds. The lowest BCUT2D eigenvalue weighted by Crippen LogP contribution is -2.23. The molecule has 1 aromatic carbocycles. The number of nitrogens with one attached hydrogen (secondary N) is 1. The number of rotatable bonds is 2. The molecule has 1 aromatic heterocycles. The Kier molecular flexibility index (Phi) is 3.93. The maximum absolute atomic E-state index is 8.68. The molecule has 0 bridgehead atoms. The SMILES string of the molecule is N#CNC(=Nc1ccc(N)nc1)Oc1ccccc1. The second-order valence-corrected chi connectivity index (χ2v) is 3.51. The van der Waals surface area contributed by atoms with Crippen molar-refractivity contribution in [2.45, 2.75) is 0 Å². The lowest BCUT2D eigenvalue weighted by atomic mass is 10.3. The normalized spacial score (nSPS) is 10.6. The van der Waals surface area contributed by atoms with Crippen LogP contribution in [0.1, 0.15) is 0 Å². The van der Waals surface area contributed by atoms with E-state index in [0.29, 0.717) is 17.3 Å². The summed E-state index contributed by atoms with van der Waals surface area (Å²) in [6.45, 7) is 0. The van der Waals surface area contributed by atoms with Gasteiger partial charge in [-0.1, -0.05) is 18.2 Å². The van der Waals surface area contributed by atoms with Crippen LogP contribution < -0.4 is 15.8 Å². The number of aromatic nitrogens is 1. The van der Waals surface area contributed by atoms with Crippen LogP contribution >= 0.6 is 0 Å². The maximum Gasteiger partial charge on any atom is 0.309 e. The number of amidine groups is 1. The van der Waals surface area contributed by atoms with E-state index in [1.165, 1.54) is 6.20 Å². The predicted molar refractivity (Wildman–Crippen MR) is 71.6 cm³/mol. The van der Waals surface area contributed by atoms with Gasteiger partial charge >= 0.3 is 6.02 Å². The van der Waals surface area contributed by atoms with Gasteiger partial charge in [0.05, 0.1) is 11.9 Å². The minimum Gasteiger partial charge on any atom is -0.425 e.